The van der Waals surface area contributed by atoms with Gasteiger partial charge in [0.25, 0.3) is 11.5 Å². The van der Waals surface area contributed by atoms with Gasteiger partial charge in [0.15, 0.2) is 0 Å². The Hall–Kier alpha value is -3.03. The highest BCUT2D eigenvalue weighted by atomic mass is 35.5. The maximum atomic E-state index is 13.1. The van der Waals surface area contributed by atoms with Crippen molar-refractivity contribution in [2.45, 2.75) is 20.0 Å². The topological polar surface area (TPSA) is 73.3 Å². The van der Waals surface area contributed by atoms with Crippen LogP contribution >= 0.6 is 23.2 Å². The summed E-state index contributed by atoms with van der Waals surface area (Å²) < 4.78 is 8.77. The van der Waals surface area contributed by atoms with Crippen molar-refractivity contribution >= 4 is 40.1 Å². The molecule has 4 heterocycles. The van der Waals surface area contributed by atoms with E-state index in [1.807, 2.05) is 6.92 Å². The van der Waals surface area contributed by atoms with E-state index < -0.39 is 0 Å². The molecule has 0 fully saturated rings. The summed E-state index contributed by atoms with van der Waals surface area (Å²) >= 11 is 12.2. The number of halogens is 2. The fourth-order valence-corrected chi connectivity index (χ4v) is 4.08. The van der Waals surface area contributed by atoms with Crippen molar-refractivity contribution in [2.24, 2.45) is 0 Å². The number of nitrogens with zero attached hydrogens (tertiary/aromatic N) is 4. The van der Waals surface area contributed by atoms with Crippen molar-refractivity contribution in [3.05, 3.63) is 80.4 Å². The van der Waals surface area contributed by atoms with Crippen molar-refractivity contribution in [1.82, 2.24) is 19.0 Å². The zero-order chi connectivity index (χ0) is 21.0. The van der Waals surface area contributed by atoms with Gasteiger partial charge in [0.2, 0.25) is 0 Å². The number of aryl methyl sites for hydroxylation is 1. The summed E-state index contributed by atoms with van der Waals surface area (Å²) in [7, 11) is 0. The molecule has 4 aromatic rings. The minimum Gasteiger partial charge on any atom is -0.464 e. The molecule has 3 aromatic heterocycles. The predicted octanol–water partition coefficient (Wildman–Crippen LogP) is 4.05. The molecule has 0 spiro atoms. The van der Waals surface area contributed by atoms with Crippen molar-refractivity contribution < 1.29 is 9.21 Å². The van der Waals surface area contributed by atoms with Gasteiger partial charge in [-0.25, -0.2) is 4.98 Å². The molecule has 7 nitrogen and oxygen atoms in total. The summed E-state index contributed by atoms with van der Waals surface area (Å²) in [5.74, 6) is -0.207. The van der Waals surface area contributed by atoms with E-state index >= 15 is 0 Å². The number of fused-ring (bicyclic) bond motifs is 2. The second-order valence-electron chi connectivity index (χ2n) is 7.23. The molecule has 0 N–H and O–H groups in total. The number of hydrogen-bond donors (Lipinski definition) is 0. The highest BCUT2D eigenvalue weighted by Gasteiger charge is 2.27. The summed E-state index contributed by atoms with van der Waals surface area (Å²) in [6, 6.07) is 6.75. The molecule has 1 amide bonds. The Morgan fingerprint density at radius 2 is 1.93 bits per heavy atom. The molecule has 0 saturated heterocycles. The zero-order valence-electron chi connectivity index (χ0n) is 15.9. The molecular weight excluding hydrogens is 427 g/mol. The van der Waals surface area contributed by atoms with Crippen LogP contribution in [-0.2, 0) is 13.1 Å². The van der Waals surface area contributed by atoms with Gasteiger partial charge in [-0.15, -0.1) is 0 Å². The van der Waals surface area contributed by atoms with Crippen LogP contribution in [0, 0.1) is 6.92 Å². The molecule has 1 aliphatic rings. The van der Waals surface area contributed by atoms with Crippen LogP contribution in [0.2, 0.25) is 10.0 Å². The maximum Gasteiger partial charge on any atom is 0.275 e. The Morgan fingerprint density at radius 3 is 2.70 bits per heavy atom. The standard InChI is InChI=1S/C21H16Cl2N4O3/c1-12-8-26(11-24-12)17-2-3-18-20(28)25(4-5-27(18)21(17)29)9-13-10-30-19-7-16(23)15(22)6-14(13)19/h2-3,6-8,10-11H,4-5,9H2,1H3. The van der Waals surface area contributed by atoms with Crippen LogP contribution in [0.4, 0.5) is 0 Å². The summed E-state index contributed by atoms with van der Waals surface area (Å²) in [5, 5.41) is 1.65. The summed E-state index contributed by atoms with van der Waals surface area (Å²) in [4.78, 5) is 31.9. The first-order valence-corrected chi connectivity index (χ1v) is 10.1. The Bertz CT molecular complexity index is 1370. The first kappa shape index (κ1) is 19.0. The van der Waals surface area contributed by atoms with Crippen LogP contribution in [-0.4, -0.2) is 31.5 Å². The molecule has 0 radical (unpaired) electrons. The first-order chi connectivity index (χ1) is 14.4. The molecule has 1 aromatic carbocycles. The third-order valence-electron chi connectivity index (χ3n) is 5.30. The van der Waals surface area contributed by atoms with Gasteiger partial charge in [0.1, 0.15) is 17.0 Å². The van der Waals surface area contributed by atoms with E-state index in [9.17, 15) is 9.59 Å². The number of amides is 1. The van der Waals surface area contributed by atoms with E-state index in [-0.39, 0.29) is 11.5 Å². The van der Waals surface area contributed by atoms with Gasteiger partial charge in [0.05, 0.1) is 28.3 Å². The molecule has 0 saturated carbocycles. The Morgan fingerprint density at radius 1 is 1.13 bits per heavy atom. The molecule has 0 bridgehead atoms. The highest BCUT2D eigenvalue weighted by molar-refractivity contribution is 6.42. The third kappa shape index (κ3) is 3.02. The number of imidazole rings is 1. The van der Waals surface area contributed by atoms with Gasteiger partial charge in [-0.3, -0.25) is 9.59 Å². The lowest BCUT2D eigenvalue weighted by molar-refractivity contribution is 0.0687. The molecule has 5 rings (SSSR count). The molecular formula is C21H16Cl2N4O3. The number of pyridine rings is 1. The molecule has 1 aliphatic heterocycles. The molecule has 30 heavy (non-hydrogen) atoms. The van der Waals surface area contributed by atoms with Crippen LogP contribution < -0.4 is 5.56 Å². The first-order valence-electron chi connectivity index (χ1n) is 9.31. The highest BCUT2D eigenvalue weighted by Crippen LogP contribution is 2.31. The monoisotopic (exact) mass is 442 g/mol. The van der Waals surface area contributed by atoms with Gasteiger partial charge >= 0.3 is 0 Å². The average molecular weight is 443 g/mol. The maximum absolute atomic E-state index is 13.1. The second kappa shape index (κ2) is 7.04. The Kier molecular flexibility index (Phi) is 4.45. The van der Waals surface area contributed by atoms with Crippen LogP contribution in [0.3, 0.4) is 0 Å². The van der Waals surface area contributed by atoms with Crippen LogP contribution in [0.15, 0.2) is 52.3 Å². The Labute approximate surface area is 181 Å². The van der Waals surface area contributed by atoms with E-state index in [0.717, 1.165) is 16.6 Å². The fourth-order valence-electron chi connectivity index (χ4n) is 3.76. The van der Waals surface area contributed by atoms with Crippen LogP contribution in [0.25, 0.3) is 16.7 Å². The number of rotatable bonds is 3. The zero-order valence-corrected chi connectivity index (χ0v) is 17.4. The van der Waals surface area contributed by atoms with Crippen molar-refractivity contribution in [1.29, 1.82) is 0 Å². The van der Waals surface area contributed by atoms with Gasteiger partial charge < -0.3 is 18.5 Å². The molecule has 9 heteroatoms. The minimum absolute atomic E-state index is 0.207. The van der Waals surface area contributed by atoms with Crippen molar-refractivity contribution in [2.75, 3.05) is 6.54 Å². The lowest BCUT2D eigenvalue weighted by atomic mass is 10.1. The Balaban J connectivity index is 1.47. The van der Waals surface area contributed by atoms with E-state index in [1.165, 1.54) is 4.57 Å². The minimum atomic E-state index is -0.215. The smallest absolute Gasteiger partial charge is 0.275 e. The van der Waals surface area contributed by atoms with E-state index in [2.05, 4.69) is 4.98 Å². The lowest BCUT2D eigenvalue weighted by Gasteiger charge is -2.29. The SMILES string of the molecule is Cc1cn(-c2ccc3n(c2=O)CCN(Cc2coc4cc(Cl)c(Cl)cc24)C3=O)cn1. The van der Waals surface area contributed by atoms with Gasteiger partial charge in [-0.2, -0.15) is 0 Å². The number of hydrogen-bond acceptors (Lipinski definition) is 4. The van der Waals surface area contributed by atoms with Crippen LogP contribution in [0.5, 0.6) is 0 Å². The number of carbonyl (C=O) groups excluding carboxylic acids is 1. The largest absolute Gasteiger partial charge is 0.464 e. The number of carbonyl (C=O) groups is 1. The van der Waals surface area contributed by atoms with Crippen molar-refractivity contribution in [3.63, 3.8) is 0 Å². The third-order valence-corrected chi connectivity index (χ3v) is 6.02. The van der Waals surface area contributed by atoms with Gasteiger partial charge in [-0.05, 0) is 25.1 Å². The fraction of sp³-hybridized carbons (Fsp3) is 0.190. The molecule has 0 aliphatic carbocycles. The van der Waals surface area contributed by atoms with Crippen LogP contribution in [0.1, 0.15) is 21.7 Å². The molecule has 0 unspecified atom stereocenters. The van der Waals surface area contributed by atoms with E-state index in [0.29, 0.717) is 46.6 Å². The predicted molar refractivity (Wildman–Crippen MR) is 114 cm³/mol. The summed E-state index contributed by atoms with van der Waals surface area (Å²) in [5.41, 5.74) is 2.87. The summed E-state index contributed by atoms with van der Waals surface area (Å²) in [6.07, 6.45) is 4.98. The second-order valence-corrected chi connectivity index (χ2v) is 8.05. The lowest BCUT2D eigenvalue weighted by Crippen LogP contribution is -2.44. The molecule has 0 atom stereocenters. The quantitative estimate of drug-likeness (QED) is 0.479. The van der Waals surface area contributed by atoms with Gasteiger partial charge in [-0.1, -0.05) is 23.2 Å². The normalized spacial score (nSPS) is 13.8. The van der Waals surface area contributed by atoms with E-state index in [4.69, 9.17) is 27.6 Å². The van der Waals surface area contributed by atoms with E-state index in [1.54, 1.807) is 52.5 Å². The average Bonchev–Trinajstić information content (AvgIpc) is 3.31. The summed E-state index contributed by atoms with van der Waals surface area (Å²) in [6.45, 7) is 3.02. The number of benzene rings is 1. The van der Waals surface area contributed by atoms with Crippen molar-refractivity contribution in [3.8, 4) is 5.69 Å². The molecule has 152 valence electrons. The number of furan rings is 1. The number of aromatic nitrogens is 3. The van der Waals surface area contributed by atoms with Gasteiger partial charge in [0, 0.05) is 42.8 Å².